The first-order chi connectivity index (χ1) is 13.1. The Hall–Kier alpha value is -2.72. The molecule has 2 heterocycles. The van der Waals surface area contributed by atoms with Crippen LogP contribution in [0.25, 0.3) is 0 Å². The Morgan fingerprint density at radius 2 is 1.96 bits per heavy atom. The Labute approximate surface area is 156 Å². The Kier molecular flexibility index (Phi) is 4.27. The molecule has 1 N–H and O–H groups in total. The van der Waals surface area contributed by atoms with Crippen molar-refractivity contribution in [1.82, 2.24) is 10.2 Å². The first-order valence-corrected chi connectivity index (χ1v) is 8.57. The minimum atomic E-state index is -4.63. The third kappa shape index (κ3) is 3.52. The van der Waals surface area contributed by atoms with Crippen LogP contribution in [0.15, 0.2) is 18.2 Å². The molecule has 2 aliphatic heterocycles. The summed E-state index contributed by atoms with van der Waals surface area (Å²) < 4.78 is 66.9. The van der Waals surface area contributed by atoms with Gasteiger partial charge >= 0.3 is 18.4 Å². The van der Waals surface area contributed by atoms with Crippen molar-refractivity contribution in [2.75, 3.05) is 19.7 Å². The van der Waals surface area contributed by atoms with Gasteiger partial charge in [0.1, 0.15) is 24.4 Å². The molecule has 2 amide bonds. The molecule has 1 aliphatic carbocycles. The lowest BCUT2D eigenvalue weighted by molar-refractivity contribution is -0.137. The number of nitrogens with zero attached hydrogens (tertiary/aromatic N) is 1. The number of alkyl carbamates (subject to hydrolysis) is 1. The van der Waals surface area contributed by atoms with E-state index in [1.807, 2.05) is 0 Å². The summed E-state index contributed by atoms with van der Waals surface area (Å²) in [6, 6.07) is 2.07. The summed E-state index contributed by atoms with van der Waals surface area (Å²) in [7, 11) is 0. The minimum absolute atomic E-state index is 0.202. The van der Waals surface area contributed by atoms with Gasteiger partial charge in [-0.3, -0.25) is 0 Å². The number of rotatable bonds is 3. The van der Waals surface area contributed by atoms with Crippen molar-refractivity contribution in [1.29, 1.82) is 0 Å². The minimum Gasteiger partial charge on any atom is -0.487 e. The molecule has 28 heavy (non-hydrogen) atoms. The molecule has 11 heteroatoms. The lowest BCUT2D eigenvalue weighted by Gasteiger charge is -2.46. The van der Waals surface area contributed by atoms with Gasteiger partial charge in [-0.2, -0.15) is 13.2 Å². The predicted molar refractivity (Wildman–Crippen MR) is 84.1 cm³/mol. The molecule has 1 aromatic rings. The van der Waals surface area contributed by atoms with Gasteiger partial charge in [0.2, 0.25) is 0 Å². The van der Waals surface area contributed by atoms with Crippen LogP contribution in [0.3, 0.4) is 0 Å². The Morgan fingerprint density at radius 1 is 1.25 bits per heavy atom. The molecule has 0 unspecified atom stereocenters. The van der Waals surface area contributed by atoms with Crippen molar-refractivity contribution in [3.05, 3.63) is 29.6 Å². The van der Waals surface area contributed by atoms with Crippen LogP contribution in [0.2, 0.25) is 0 Å². The monoisotopic (exact) mass is 404 g/mol. The standard InChI is InChI=1S/C17H16F4N2O5/c18-12-3-9(17(19,20)21)1-2-13(12)27-10-4-11(5-10)28-15(25)23-6-16(7-23)8-26-14(24)22-16/h1-3,10-11H,4-8H2,(H,22,24)/t10-,11-. The molecule has 3 aliphatic rings. The van der Waals surface area contributed by atoms with E-state index < -0.39 is 47.5 Å². The first-order valence-electron chi connectivity index (χ1n) is 8.57. The molecule has 2 saturated heterocycles. The average Bonchev–Trinajstić information content (AvgIpc) is 2.94. The molecule has 0 aromatic heterocycles. The number of hydrogen-bond donors (Lipinski definition) is 1. The largest absolute Gasteiger partial charge is 0.487 e. The third-order valence-electron chi connectivity index (χ3n) is 4.96. The van der Waals surface area contributed by atoms with Crippen LogP contribution in [0, 0.1) is 5.82 Å². The van der Waals surface area contributed by atoms with Crippen LogP contribution in [0.4, 0.5) is 27.2 Å². The van der Waals surface area contributed by atoms with E-state index in [4.69, 9.17) is 14.2 Å². The molecule has 152 valence electrons. The smallest absolute Gasteiger partial charge is 0.416 e. The van der Waals surface area contributed by atoms with E-state index in [2.05, 4.69) is 5.32 Å². The summed E-state index contributed by atoms with van der Waals surface area (Å²) in [4.78, 5) is 24.5. The van der Waals surface area contributed by atoms with Crippen molar-refractivity contribution < 1.29 is 41.4 Å². The molecule has 1 spiro atoms. The van der Waals surface area contributed by atoms with Gasteiger partial charge in [0, 0.05) is 12.8 Å². The second kappa shape index (κ2) is 6.42. The summed E-state index contributed by atoms with van der Waals surface area (Å²) in [5.74, 6) is -1.37. The highest BCUT2D eigenvalue weighted by molar-refractivity contribution is 5.74. The predicted octanol–water partition coefficient (Wildman–Crippen LogP) is 2.69. The number of carbonyl (C=O) groups excluding carboxylic acids is 2. The fourth-order valence-corrected chi connectivity index (χ4v) is 3.36. The number of halogens is 4. The second-order valence-electron chi connectivity index (χ2n) is 7.20. The normalized spacial score (nSPS) is 25.4. The second-order valence-corrected chi connectivity index (χ2v) is 7.20. The molecule has 1 saturated carbocycles. The number of alkyl halides is 3. The molecule has 4 rings (SSSR count). The maximum absolute atomic E-state index is 13.8. The van der Waals surface area contributed by atoms with Crippen molar-refractivity contribution in [2.24, 2.45) is 0 Å². The first kappa shape index (κ1) is 18.6. The van der Waals surface area contributed by atoms with Crippen LogP contribution in [0.1, 0.15) is 18.4 Å². The number of benzene rings is 1. The van der Waals surface area contributed by atoms with E-state index in [0.29, 0.717) is 32.0 Å². The maximum Gasteiger partial charge on any atom is 0.416 e. The van der Waals surface area contributed by atoms with Crippen LogP contribution in [-0.4, -0.2) is 54.5 Å². The number of amides is 2. The zero-order chi connectivity index (χ0) is 20.1. The van der Waals surface area contributed by atoms with Gasteiger partial charge in [0.25, 0.3) is 0 Å². The van der Waals surface area contributed by atoms with E-state index in [9.17, 15) is 27.2 Å². The summed E-state index contributed by atoms with van der Waals surface area (Å²) in [5.41, 5.74) is -1.63. The van der Waals surface area contributed by atoms with Gasteiger partial charge < -0.3 is 24.4 Å². The van der Waals surface area contributed by atoms with Crippen molar-refractivity contribution >= 4 is 12.2 Å². The van der Waals surface area contributed by atoms with Crippen LogP contribution >= 0.6 is 0 Å². The van der Waals surface area contributed by atoms with Gasteiger partial charge in [-0.25, -0.2) is 14.0 Å². The average molecular weight is 404 g/mol. The van der Waals surface area contributed by atoms with Gasteiger partial charge in [0.05, 0.1) is 18.7 Å². The zero-order valence-electron chi connectivity index (χ0n) is 14.4. The maximum atomic E-state index is 13.8. The fraction of sp³-hybridized carbons (Fsp3) is 0.529. The summed E-state index contributed by atoms with van der Waals surface area (Å²) >= 11 is 0. The summed E-state index contributed by atoms with van der Waals surface area (Å²) in [6.07, 6.45) is -5.91. The number of carbonyl (C=O) groups is 2. The SMILES string of the molecule is O=C1NC2(CO1)CN(C(=O)O[C@H]1C[C@H](Oc3ccc(C(F)(F)F)cc3F)C1)C2. The van der Waals surface area contributed by atoms with Gasteiger partial charge in [-0.1, -0.05) is 0 Å². The Morgan fingerprint density at radius 3 is 2.54 bits per heavy atom. The topological polar surface area (TPSA) is 77.1 Å². The zero-order valence-corrected chi connectivity index (χ0v) is 14.4. The van der Waals surface area contributed by atoms with Gasteiger partial charge in [-0.15, -0.1) is 0 Å². The Balaban J connectivity index is 1.21. The van der Waals surface area contributed by atoms with Crippen LogP contribution in [0.5, 0.6) is 5.75 Å². The molecular weight excluding hydrogens is 388 g/mol. The van der Waals surface area contributed by atoms with E-state index in [1.165, 1.54) is 4.90 Å². The number of hydrogen-bond acceptors (Lipinski definition) is 5. The van der Waals surface area contributed by atoms with Gasteiger partial charge in [-0.05, 0) is 18.2 Å². The van der Waals surface area contributed by atoms with Gasteiger partial charge in [0.15, 0.2) is 11.6 Å². The molecule has 0 radical (unpaired) electrons. The molecule has 3 fully saturated rings. The molecular formula is C17H16F4N2O5. The molecule has 1 aromatic carbocycles. The molecule has 0 bridgehead atoms. The van der Waals surface area contributed by atoms with E-state index in [0.717, 1.165) is 12.1 Å². The van der Waals surface area contributed by atoms with Crippen LogP contribution in [-0.2, 0) is 15.7 Å². The highest BCUT2D eigenvalue weighted by Gasteiger charge is 2.52. The molecule has 7 nitrogen and oxygen atoms in total. The summed E-state index contributed by atoms with van der Waals surface area (Å²) in [5, 5.41) is 2.65. The number of likely N-dealkylation sites (tertiary alicyclic amines) is 1. The van der Waals surface area contributed by atoms with Crippen molar-refractivity contribution in [3.63, 3.8) is 0 Å². The lowest BCUT2D eigenvalue weighted by Crippen LogP contribution is -2.70. The Bertz CT molecular complexity index is 803. The van der Waals surface area contributed by atoms with E-state index in [-0.39, 0.29) is 12.4 Å². The highest BCUT2D eigenvalue weighted by Crippen LogP contribution is 2.35. The molecule has 0 atom stereocenters. The number of cyclic esters (lactones) is 1. The quantitative estimate of drug-likeness (QED) is 0.784. The van der Waals surface area contributed by atoms with E-state index >= 15 is 0 Å². The lowest BCUT2D eigenvalue weighted by atomic mass is 9.91. The summed E-state index contributed by atoms with van der Waals surface area (Å²) in [6.45, 7) is 0.787. The fourth-order valence-electron chi connectivity index (χ4n) is 3.36. The third-order valence-corrected chi connectivity index (χ3v) is 4.96. The number of nitrogens with one attached hydrogen (secondary N) is 1. The highest BCUT2D eigenvalue weighted by atomic mass is 19.4. The van der Waals surface area contributed by atoms with Crippen molar-refractivity contribution in [3.8, 4) is 5.75 Å². The van der Waals surface area contributed by atoms with Crippen LogP contribution < -0.4 is 10.1 Å². The van der Waals surface area contributed by atoms with Crippen molar-refractivity contribution in [2.45, 2.75) is 36.8 Å². The number of ether oxygens (including phenoxy) is 3. The van der Waals surface area contributed by atoms with E-state index in [1.54, 1.807) is 0 Å².